The molecule has 5 nitrogen and oxygen atoms in total. The zero-order valence-corrected chi connectivity index (χ0v) is 17.8. The van der Waals surface area contributed by atoms with Crippen molar-refractivity contribution in [2.75, 3.05) is 21.3 Å². The highest BCUT2D eigenvalue weighted by Crippen LogP contribution is 2.31. The SMILES string of the molecule is CO[Si](CCc1ccc2c(c1)CO[Si](C)(c1ccccc1)O2)(OC)OC. The second kappa shape index (κ2) is 8.04. The molecule has 0 aromatic heterocycles. The van der Waals surface area contributed by atoms with Crippen molar-refractivity contribution >= 4 is 22.6 Å². The maximum atomic E-state index is 6.32. The predicted octanol–water partition coefficient (Wildman–Crippen LogP) is 3.00. The van der Waals surface area contributed by atoms with Crippen molar-refractivity contribution in [3.8, 4) is 5.75 Å². The lowest BCUT2D eigenvalue weighted by atomic mass is 10.1. The highest BCUT2D eigenvalue weighted by atomic mass is 28.4. The summed E-state index contributed by atoms with van der Waals surface area (Å²) >= 11 is 0. The van der Waals surface area contributed by atoms with Crippen LogP contribution in [0.1, 0.15) is 11.1 Å². The van der Waals surface area contributed by atoms with E-state index >= 15 is 0 Å². The summed E-state index contributed by atoms with van der Waals surface area (Å²) in [5, 5.41) is 1.14. The van der Waals surface area contributed by atoms with Crippen LogP contribution in [-0.2, 0) is 30.7 Å². The van der Waals surface area contributed by atoms with E-state index in [1.165, 1.54) is 5.56 Å². The van der Waals surface area contributed by atoms with Crippen molar-refractivity contribution in [3.63, 3.8) is 0 Å². The van der Waals surface area contributed by atoms with Crippen LogP contribution >= 0.6 is 0 Å². The molecule has 1 aliphatic heterocycles. The summed E-state index contributed by atoms with van der Waals surface area (Å²) in [6.07, 6.45) is 0.822. The van der Waals surface area contributed by atoms with Crippen LogP contribution in [0.5, 0.6) is 5.75 Å². The molecule has 0 N–H and O–H groups in total. The van der Waals surface area contributed by atoms with Gasteiger partial charge in [0.15, 0.2) is 0 Å². The van der Waals surface area contributed by atoms with Crippen LogP contribution in [-0.4, -0.2) is 38.7 Å². The van der Waals surface area contributed by atoms with E-state index < -0.39 is 17.4 Å². The van der Waals surface area contributed by atoms with E-state index in [0.717, 1.165) is 29.0 Å². The van der Waals surface area contributed by atoms with E-state index in [-0.39, 0.29) is 0 Å². The molecule has 1 atom stereocenters. The lowest BCUT2D eigenvalue weighted by Crippen LogP contribution is -2.55. The lowest BCUT2D eigenvalue weighted by Gasteiger charge is -2.33. The van der Waals surface area contributed by atoms with Gasteiger partial charge in [-0.25, -0.2) is 0 Å². The summed E-state index contributed by atoms with van der Waals surface area (Å²) < 4.78 is 29.0. The molecule has 0 amide bonds. The summed E-state index contributed by atoms with van der Waals surface area (Å²) in [4.78, 5) is 0. The largest absolute Gasteiger partial charge is 0.517 e. The van der Waals surface area contributed by atoms with Gasteiger partial charge in [-0.05, 0) is 30.7 Å². The first-order chi connectivity index (χ1) is 12.5. The van der Waals surface area contributed by atoms with Gasteiger partial charge in [0.2, 0.25) is 0 Å². The molecule has 2 aromatic rings. The Morgan fingerprint density at radius 1 is 1.00 bits per heavy atom. The second-order valence-corrected chi connectivity index (χ2v) is 12.5. The number of benzene rings is 2. The molecule has 2 aromatic carbocycles. The highest BCUT2D eigenvalue weighted by Gasteiger charge is 2.40. The minimum absolute atomic E-state index is 0.572. The Morgan fingerprint density at radius 2 is 1.69 bits per heavy atom. The van der Waals surface area contributed by atoms with Crippen molar-refractivity contribution < 1.29 is 22.1 Å². The number of hydrogen-bond acceptors (Lipinski definition) is 5. The summed E-state index contributed by atoms with van der Waals surface area (Å²) in [5.41, 5.74) is 2.28. The molecular weight excluding hydrogens is 364 g/mol. The minimum Gasteiger partial charge on any atom is -0.517 e. The average Bonchev–Trinajstić information content (AvgIpc) is 2.70. The Balaban J connectivity index is 1.73. The summed E-state index contributed by atoms with van der Waals surface area (Å²) in [6, 6.07) is 17.2. The zero-order chi connectivity index (χ0) is 18.6. The van der Waals surface area contributed by atoms with E-state index in [1.54, 1.807) is 21.3 Å². The Morgan fingerprint density at radius 3 is 2.35 bits per heavy atom. The van der Waals surface area contributed by atoms with E-state index in [0.29, 0.717) is 6.61 Å². The monoisotopic (exact) mass is 390 g/mol. The molecular formula is C19H26O5Si2. The van der Waals surface area contributed by atoms with Gasteiger partial charge in [0.05, 0.1) is 6.61 Å². The second-order valence-electron chi connectivity index (χ2n) is 6.44. The van der Waals surface area contributed by atoms with Crippen molar-refractivity contribution in [2.45, 2.75) is 25.6 Å². The van der Waals surface area contributed by atoms with Crippen LogP contribution in [0.25, 0.3) is 0 Å². The minimum atomic E-state index is -2.56. The third-order valence-corrected chi connectivity index (χ3v) is 10.3. The molecule has 1 heterocycles. The maximum absolute atomic E-state index is 6.32. The Bertz CT molecular complexity index is 728. The van der Waals surface area contributed by atoms with Gasteiger partial charge in [-0.3, -0.25) is 0 Å². The molecule has 0 radical (unpaired) electrons. The summed E-state index contributed by atoms with van der Waals surface area (Å²) in [6.45, 7) is 2.66. The molecule has 3 rings (SSSR count). The molecule has 1 unspecified atom stereocenters. The van der Waals surface area contributed by atoms with E-state index in [9.17, 15) is 0 Å². The van der Waals surface area contributed by atoms with Crippen LogP contribution in [0.2, 0.25) is 12.6 Å². The summed E-state index contributed by atoms with van der Waals surface area (Å²) in [5.74, 6) is 0.923. The van der Waals surface area contributed by atoms with Gasteiger partial charge in [0.1, 0.15) is 5.75 Å². The third-order valence-electron chi connectivity index (χ3n) is 4.88. The Kier molecular flexibility index (Phi) is 5.96. The molecule has 26 heavy (non-hydrogen) atoms. The van der Waals surface area contributed by atoms with Crippen molar-refractivity contribution in [1.82, 2.24) is 0 Å². The van der Waals surface area contributed by atoms with Crippen molar-refractivity contribution in [3.05, 3.63) is 59.7 Å². The first-order valence-electron chi connectivity index (χ1n) is 8.70. The molecule has 0 saturated heterocycles. The molecule has 0 bridgehead atoms. The van der Waals surface area contributed by atoms with Gasteiger partial charge in [0.25, 0.3) is 0 Å². The smallest absolute Gasteiger partial charge is 0.500 e. The first-order valence-corrected chi connectivity index (χ1v) is 12.9. The molecule has 1 aliphatic rings. The fourth-order valence-corrected chi connectivity index (χ4v) is 7.09. The van der Waals surface area contributed by atoms with Gasteiger partial charge in [-0.15, -0.1) is 0 Å². The number of fused-ring (bicyclic) bond motifs is 1. The standard InChI is InChI=1S/C19H26O5Si2/c1-20-26(21-2,22-3)13-12-16-10-11-19-17(14-16)15-23-25(4,24-19)18-8-6-5-7-9-18/h5-11,14H,12-13,15H2,1-4H3. The lowest BCUT2D eigenvalue weighted by molar-refractivity contribution is 0.123. The molecule has 0 spiro atoms. The fraction of sp³-hybridized carbons (Fsp3) is 0.368. The maximum Gasteiger partial charge on any atom is 0.500 e. The zero-order valence-electron chi connectivity index (χ0n) is 15.8. The van der Waals surface area contributed by atoms with Crippen LogP contribution in [0.3, 0.4) is 0 Å². The molecule has 140 valence electrons. The van der Waals surface area contributed by atoms with Crippen LogP contribution < -0.4 is 9.61 Å². The van der Waals surface area contributed by atoms with Crippen molar-refractivity contribution in [2.24, 2.45) is 0 Å². The summed E-state index contributed by atoms with van der Waals surface area (Å²) in [7, 11) is -0.0337. The van der Waals surface area contributed by atoms with Gasteiger partial charge < -0.3 is 22.1 Å². The Labute approximate surface area is 157 Å². The molecule has 7 heteroatoms. The molecule has 0 saturated carbocycles. The first kappa shape index (κ1) is 19.3. The van der Waals surface area contributed by atoms with E-state index in [1.807, 2.05) is 18.2 Å². The molecule has 0 aliphatic carbocycles. The Hall–Kier alpha value is -1.49. The van der Waals surface area contributed by atoms with Crippen LogP contribution in [0, 0.1) is 0 Å². The van der Waals surface area contributed by atoms with E-state index in [2.05, 4.69) is 36.9 Å². The average molecular weight is 391 g/mol. The van der Waals surface area contributed by atoms with E-state index in [4.69, 9.17) is 22.1 Å². The third kappa shape index (κ3) is 3.93. The predicted molar refractivity (Wildman–Crippen MR) is 105 cm³/mol. The highest BCUT2D eigenvalue weighted by molar-refractivity contribution is 6.80. The normalized spacial score (nSPS) is 19.7. The quantitative estimate of drug-likeness (QED) is 0.680. The molecule has 0 fully saturated rings. The fourth-order valence-electron chi connectivity index (χ4n) is 3.19. The van der Waals surface area contributed by atoms with Crippen molar-refractivity contribution in [1.29, 1.82) is 0 Å². The number of hydrogen-bond donors (Lipinski definition) is 0. The van der Waals surface area contributed by atoms with Gasteiger partial charge in [-0.1, -0.05) is 36.4 Å². The van der Waals surface area contributed by atoms with Gasteiger partial charge in [0, 0.05) is 38.1 Å². The van der Waals surface area contributed by atoms with Crippen LogP contribution in [0.15, 0.2) is 48.5 Å². The van der Waals surface area contributed by atoms with Gasteiger partial charge in [-0.2, -0.15) is 0 Å². The van der Waals surface area contributed by atoms with Gasteiger partial charge >= 0.3 is 17.4 Å². The topological polar surface area (TPSA) is 46.2 Å². The number of rotatable bonds is 7. The number of aryl methyl sites for hydroxylation is 1. The van der Waals surface area contributed by atoms with Crippen LogP contribution in [0.4, 0.5) is 0 Å².